The normalized spacial score (nSPS) is 9.94. The van der Waals surface area contributed by atoms with E-state index in [0.29, 0.717) is 16.9 Å². The average Bonchev–Trinajstić information content (AvgIpc) is 3.34. The summed E-state index contributed by atoms with van der Waals surface area (Å²) in [5, 5.41) is 5.57. The molecule has 31 heavy (non-hydrogen) atoms. The van der Waals surface area contributed by atoms with Gasteiger partial charge in [-0.15, -0.1) is 0 Å². The van der Waals surface area contributed by atoms with E-state index in [9.17, 15) is 9.59 Å². The van der Waals surface area contributed by atoms with E-state index in [1.165, 1.54) is 6.26 Å². The van der Waals surface area contributed by atoms with E-state index in [0.717, 1.165) is 11.1 Å². The summed E-state index contributed by atoms with van der Waals surface area (Å²) < 4.78 is 5.08. The van der Waals surface area contributed by atoms with Crippen LogP contribution in [0.2, 0.25) is 0 Å². The first kappa shape index (κ1) is 19.7. The number of furan rings is 1. The second-order valence-corrected chi connectivity index (χ2v) is 6.66. The molecule has 4 rings (SSSR count). The molecule has 0 unspecified atom stereocenters. The minimum atomic E-state index is -0.360. The summed E-state index contributed by atoms with van der Waals surface area (Å²) in [7, 11) is 0. The molecular formula is C26H18N2O3. The van der Waals surface area contributed by atoms with Crippen molar-refractivity contribution in [2.75, 3.05) is 10.6 Å². The van der Waals surface area contributed by atoms with Gasteiger partial charge in [-0.1, -0.05) is 36.1 Å². The van der Waals surface area contributed by atoms with Crippen LogP contribution in [-0.2, 0) is 0 Å². The van der Waals surface area contributed by atoms with Gasteiger partial charge in [-0.25, -0.2) is 0 Å². The van der Waals surface area contributed by atoms with Crippen molar-refractivity contribution < 1.29 is 14.0 Å². The summed E-state index contributed by atoms with van der Waals surface area (Å²) in [5.74, 6) is 5.77. The summed E-state index contributed by atoms with van der Waals surface area (Å²) in [4.78, 5) is 24.7. The fourth-order valence-corrected chi connectivity index (χ4v) is 2.85. The summed E-state index contributed by atoms with van der Waals surface area (Å²) in [5.41, 5.74) is 3.38. The molecule has 0 spiro atoms. The molecule has 1 aromatic heterocycles. The van der Waals surface area contributed by atoms with Gasteiger partial charge in [-0.3, -0.25) is 9.59 Å². The monoisotopic (exact) mass is 406 g/mol. The highest BCUT2D eigenvalue weighted by Crippen LogP contribution is 2.17. The molecule has 0 fully saturated rings. The van der Waals surface area contributed by atoms with Crippen molar-refractivity contribution in [1.82, 2.24) is 0 Å². The number of hydrogen-bond acceptors (Lipinski definition) is 3. The minimum Gasteiger partial charge on any atom is -0.459 e. The van der Waals surface area contributed by atoms with Crippen LogP contribution in [0.1, 0.15) is 32.0 Å². The Hall–Kier alpha value is -4.56. The average molecular weight is 406 g/mol. The van der Waals surface area contributed by atoms with Crippen LogP contribution in [0, 0.1) is 11.8 Å². The maximum Gasteiger partial charge on any atom is 0.291 e. The van der Waals surface area contributed by atoms with Crippen molar-refractivity contribution in [3.8, 4) is 11.8 Å². The molecule has 4 aromatic rings. The molecular weight excluding hydrogens is 388 g/mol. The van der Waals surface area contributed by atoms with E-state index in [1.807, 2.05) is 42.5 Å². The fraction of sp³-hybridized carbons (Fsp3) is 0. The molecule has 0 saturated heterocycles. The van der Waals surface area contributed by atoms with Crippen LogP contribution in [-0.4, -0.2) is 11.8 Å². The van der Waals surface area contributed by atoms with Crippen molar-refractivity contribution in [2.45, 2.75) is 0 Å². The number of carbonyl (C=O) groups is 2. The Kier molecular flexibility index (Phi) is 5.92. The van der Waals surface area contributed by atoms with Gasteiger partial charge >= 0.3 is 0 Å². The smallest absolute Gasteiger partial charge is 0.291 e. The Bertz CT molecular complexity index is 1250. The van der Waals surface area contributed by atoms with Crippen LogP contribution in [0.5, 0.6) is 0 Å². The molecule has 0 saturated carbocycles. The molecule has 1 heterocycles. The van der Waals surface area contributed by atoms with E-state index in [-0.39, 0.29) is 17.6 Å². The maximum atomic E-state index is 12.6. The molecule has 3 aromatic carbocycles. The Morgan fingerprint density at radius 3 is 1.94 bits per heavy atom. The number of amides is 2. The fourth-order valence-electron chi connectivity index (χ4n) is 2.85. The van der Waals surface area contributed by atoms with E-state index in [1.54, 1.807) is 48.5 Å². The molecule has 0 aliphatic carbocycles. The lowest BCUT2D eigenvalue weighted by Gasteiger charge is -2.08. The second kappa shape index (κ2) is 9.29. The lowest BCUT2D eigenvalue weighted by Crippen LogP contribution is -2.13. The van der Waals surface area contributed by atoms with Gasteiger partial charge in [0.25, 0.3) is 11.8 Å². The molecule has 0 aliphatic rings. The standard InChI is InChI=1S/C26H18N2O3/c29-25(21-15-13-20(14-16-21)12-11-19-6-2-1-3-7-19)27-22-8-4-9-23(18-22)28-26(30)24-10-5-17-31-24/h1-10,13-18H,(H,27,29)(H,28,30). The number of benzene rings is 3. The van der Waals surface area contributed by atoms with Crippen LogP contribution in [0.3, 0.4) is 0 Å². The third kappa shape index (κ3) is 5.28. The van der Waals surface area contributed by atoms with Gasteiger partial charge in [0.2, 0.25) is 0 Å². The van der Waals surface area contributed by atoms with Crippen LogP contribution in [0.4, 0.5) is 11.4 Å². The minimum absolute atomic E-state index is 0.213. The lowest BCUT2D eigenvalue weighted by atomic mass is 10.1. The van der Waals surface area contributed by atoms with Gasteiger partial charge in [-0.05, 0) is 66.7 Å². The summed E-state index contributed by atoms with van der Waals surface area (Å²) in [6.45, 7) is 0. The van der Waals surface area contributed by atoms with Crippen molar-refractivity contribution in [2.24, 2.45) is 0 Å². The largest absolute Gasteiger partial charge is 0.459 e. The predicted octanol–water partition coefficient (Wildman–Crippen LogP) is 5.18. The number of carbonyl (C=O) groups excluding carboxylic acids is 2. The molecule has 0 atom stereocenters. The predicted molar refractivity (Wildman–Crippen MR) is 120 cm³/mol. The van der Waals surface area contributed by atoms with E-state index < -0.39 is 0 Å². The van der Waals surface area contributed by atoms with Crippen molar-refractivity contribution in [1.29, 1.82) is 0 Å². The molecule has 2 N–H and O–H groups in total. The molecule has 2 amide bonds. The number of anilines is 2. The zero-order valence-corrected chi connectivity index (χ0v) is 16.5. The first-order valence-electron chi connectivity index (χ1n) is 9.61. The highest BCUT2D eigenvalue weighted by Gasteiger charge is 2.10. The first-order chi connectivity index (χ1) is 15.2. The van der Waals surface area contributed by atoms with Crippen LogP contribution in [0.25, 0.3) is 0 Å². The van der Waals surface area contributed by atoms with Crippen LogP contribution in [0.15, 0.2) is 102 Å². The zero-order chi connectivity index (χ0) is 21.5. The molecule has 5 nitrogen and oxygen atoms in total. The Labute approximate surface area is 179 Å². The summed E-state index contributed by atoms with van der Waals surface area (Å²) in [6, 6.07) is 26.9. The number of hydrogen-bond donors (Lipinski definition) is 2. The molecule has 0 bridgehead atoms. The topological polar surface area (TPSA) is 71.3 Å². The Morgan fingerprint density at radius 1 is 0.645 bits per heavy atom. The van der Waals surface area contributed by atoms with Gasteiger partial charge in [0, 0.05) is 28.1 Å². The van der Waals surface area contributed by atoms with Crippen LogP contribution >= 0.6 is 0 Å². The third-order valence-corrected chi connectivity index (χ3v) is 4.40. The van der Waals surface area contributed by atoms with Crippen molar-refractivity contribution in [3.63, 3.8) is 0 Å². The van der Waals surface area contributed by atoms with Crippen molar-refractivity contribution in [3.05, 3.63) is 120 Å². The van der Waals surface area contributed by atoms with Gasteiger partial charge in [-0.2, -0.15) is 0 Å². The third-order valence-electron chi connectivity index (χ3n) is 4.40. The molecule has 5 heteroatoms. The lowest BCUT2D eigenvalue weighted by molar-refractivity contribution is 0.0995. The van der Waals surface area contributed by atoms with E-state index in [2.05, 4.69) is 22.5 Å². The van der Waals surface area contributed by atoms with E-state index >= 15 is 0 Å². The number of rotatable bonds is 4. The maximum absolute atomic E-state index is 12.6. The highest BCUT2D eigenvalue weighted by atomic mass is 16.3. The van der Waals surface area contributed by atoms with E-state index in [4.69, 9.17) is 4.42 Å². The van der Waals surface area contributed by atoms with Gasteiger partial charge in [0.05, 0.1) is 6.26 Å². The second-order valence-electron chi connectivity index (χ2n) is 6.66. The van der Waals surface area contributed by atoms with Gasteiger partial charge in [0.1, 0.15) is 0 Å². The summed E-state index contributed by atoms with van der Waals surface area (Å²) >= 11 is 0. The Morgan fingerprint density at radius 2 is 1.29 bits per heavy atom. The van der Waals surface area contributed by atoms with Gasteiger partial charge in [0.15, 0.2) is 5.76 Å². The molecule has 0 aliphatic heterocycles. The molecule has 0 radical (unpaired) electrons. The van der Waals surface area contributed by atoms with Gasteiger partial charge < -0.3 is 15.1 Å². The number of nitrogens with one attached hydrogen (secondary N) is 2. The van der Waals surface area contributed by atoms with Crippen LogP contribution < -0.4 is 10.6 Å². The summed E-state index contributed by atoms with van der Waals surface area (Å²) in [6.07, 6.45) is 1.43. The molecule has 150 valence electrons. The first-order valence-corrected chi connectivity index (χ1v) is 9.61. The Balaban J connectivity index is 1.40. The SMILES string of the molecule is O=C(Nc1cccc(NC(=O)c2ccco2)c1)c1ccc(C#Cc2ccccc2)cc1. The zero-order valence-electron chi connectivity index (χ0n) is 16.5. The van der Waals surface area contributed by atoms with Crippen molar-refractivity contribution >= 4 is 23.2 Å². The highest BCUT2D eigenvalue weighted by molar-refractivity contribution is 6.05. The quantitative estimate of drug-likeness (QED) is 0.459.